The fourth-order valence-corrected chi connectivity index (χ4v) is 1.96. The van der Waals surface area contributed by atoms with Crippen LogP contribution in [0.1, 0.15) is 34.1 Å². The van der Waals surface area contributed by atoms with Crippen LogP contribution in [0.15, 0.2) is 24.3 Å². The molecule has 3 heteroatoms. The van der Waals surface area contributed by atoms with Gasteiger partial charge in [0.05, 0.1) is 6.61 Å². The lowest BCUT2D eigenvalue weighted by Crippen LogP contribution is -2.40. The van der Waals surface area contributed by atoms with Gasteiger partial charge in [-0.05, 0) is 37.9 Å². The van der Waals surface area contributed by atoms with E-state index in [0.717, 1.165) is 31.0 Å². The van der Waals surface area contributed by atoms with E-state index >= 15 is 0 Å². The van der Waals surface area contributed by atoms with Crippen LogP contribution in [-0.2, 0) is 0 Å². The molecule has 19 heavy (non-hydrogen) atoms. The van der Waals surface area contributed by atoms with Crippen LogP contribution in [0.2, 0.25) is 0 Å². The molecule has 0 bridgehead atoms. The zero-order chi connectivity index (χ0) is 14.5. The fraction of sp³-hybridized carbons (Fsp3) is 0.625. The minimum Gasteiger partial charge on any atom is -0.493 e. The molecule has 0 aromatic heterocycles. The third-order valence-electron chi connectivity index (χ3n) is 3.70. The van der Waals surface area contributed by atoms with E-state index < -0.39 is 0 Å². The molecule has 0 radical (unpaired) electrons. The second-order valence-corrected chi connectivity index (χ2v) is 6.30. The van der Waals surface area contributed by atoms with Crippen LogP contribution >= 0.6 is 0 Å². The molecule has 1 rings (SSSR count). The van der Waals surface area contributed by atoms with E-state index in [1.807, 2.05) is 24.3 Å². The molecule has 0 aliphatic carbocycles. The van der Waals surface area contributed by atoms with Gasteiger partial charge in [0.1, 0.15) is 5.75 Å². The summed E-state index contributed by atoms with van der Waals surface area (Å²) in [7, 11) is 2.18. The van der Waals surface area contributed by atoms with E-state index in [-0.39, 0.29) is 0 Å². The minimum atomic E-state index is 0.309. The second kappa shape index (κ2) is 6.80. The van der Waals surface area contributed by atoms with Crippen molar-refractivity contribution in [3.8, 4) is 5.75 Å². The number of nitrogens with zero attached hydrogens (tertiary/aromatic N) is 1. The molecule has 0 saturated carbocycles. The monoisotopic (exact) mass is 264 g/mol. The summed E-state index contributed by atoms with van der Waals surface area (Å²) in [6.07, 6.45) is 1.02. The molecule has 0 aliphatic rings. The molecule has 3 nitrogen and oxygen atoms in total. The van der Waals surface area contributed by atoms with Crippen molar-refractivity contribution in [2.24, 2.45) is 5.41 Å². The zero-order valence-electron chi connectivity index (χ0n) is 12.9. The Labute approximate surface area is 117 Å². The van der Waals surface area contributed by atoms with Gasteiger partial charge in [-0.2, -0.15) is 0 Å². The van der Waals surface area contributed by atoms with Crippen LogP contribution in [0.5, 0.6) is 5.75 Å². The van der Waals surface area contributed by atoms with Crippen molar-refractivity contribution in [3.05, 3.63) is 24.3 Å². The molecule has 0 aliphatic heterocycles. The molecule has 108 valence electrons. The standard InChI is InChI=1S/C16H28N2O/c1-13(16(2,3)4)18(5)10-7-11-19-15-9-6-8-14(17)12-15/h6,8-9,12-13H,7,10-11,17H2,1-5H3. The lowest BCUT2D eigenvalue weighted by Gasteiger charge is -2.35. The third-order valence-corrected chi connectivity index (χ3v) is 3.70. The van der Waals surface area contributed by atoms with E-state index in [0.29, 0.717) is 11.5 Å². The van der Waals surface area contributed by atoms with Crippen molar-refractivity contribution >= 4 is 5.69 Å². The number of nitrogen functional groups attached to an aromatic ring is 1. The van der Waals surface area contributed by atoms with Crippen molar-refractivity contribution in [1.82, 2.24) is 4.90 Å². The summed E-state index contributed by atoms with van der Waals surface area (Å²) >= 11 is 0. The number of hydrogen-bond acceptors (Lipinski definition) is 3. The summed E-state index contributed by atoms with van der Waals surface area (Å²) in [6.45, 7) is 10.9. The number of benzene rings is 1. The third kappa shape index (κ3) is 5.52. The molecule has 1 atom stereocenters. The van der Waals surface area contributed by atoms with Crippen LogP contribution in [0, 0.1) is 5.41 Å². The Morgan fingerprint density at radius 3 is 2.58 bits per heavy atom. The first kappa shape index (κ1) is 15.8. The van der Waals surface area contributed by atoms with Crippen molar-refractivity contribution in [2.45, 2.75) is 40.2 Å². The smallest absolute Gasteiger partial charge is 0.121 e. The van der Waals surface area contributed by atoms with E-state index in [9.17, 15) is 0 Å². The molecule has 1 unspecified atom stereocenters. The van der Waals surface area contributed by atoms with Crippen LogP contribution in [0.4, 0.5) is 5.69 Å². The van der Waals surface area contributed by atoms with Gasteiger partial charge >= 0.3 is 0 Å². The molecule has 0 spiro atoms. The van der Waals surface area contributed by atoms with Gasteiger partial charge in [0.15, 0.2) is 0 Å². The maximum Gasteiger partial charge on any atom is 0.121 e. The number of nitrogens with two attached hydrogens (primary N) is 1. The topological polar surface area (TPSA) is 38.5 Å². The average Bonchev–Trinajstić information content (AvgIpc) is 2.32. The first-order chi connectivity index (χ1) is 8.80. The highest BCUT2D eigenvalue weighted by molar-refractivity contribution is 5.43. The van der Waals surface area contributed by atoms with Crippen LogP contribution < -0.4 is 10.5 Å². The number of rotatable bonds is 6. The van der Waals surface area contributed by atoms with Gasteiger partial charge in [-0.15, -0.1) is 0 Å². The Morgan fingerprint density at radius 1 is 1.32 bits per heavy atom. The lowest BCUT2D eigenvalue weighted by atomic mass is 9.87. The van der Waals surface area contributed by atoms with Gasteiger partial charge in [0, 0.05) is 24.3 Å². The predicted octanol–water partition coefficient (Wildman–Crippen LogP) is 3.40. The maximum atomic E-state index is 5.71. The van der Waals surface area contributed by atoms with Gasteiger partial charge < -0.3 is 15.4 Å². The Balaban J connectivity index is 2.28. The van der Waals surface area contributed by atoms with Crippen molar-refractivity contribution in [3.63, 3.8) is 0 Å². The highest BCUT2D eigenvalue weighted by Gasteiger charge is 2.23. The Hall–Kier alpha value is -1.22. The molecular formula is C16H28N2O. The van der Waals surface area contributed by atoms with Gasteiger partial charge in [0.2, 0.25) is 0 Å². The maximum absolute atomic E-state index is 5.71. The minimum absolute atomic E-state index is 0.309. The number of ether oxygens (including phenoxy) is 1. The highest BCUT2D eigenvalue weighted by atomic mass is 16.5. The highest BCUT2D eigenvalue weighted by Crippen LogP contribution is 2.23. The molecule has 0 heterocycles. The summed E-state index contributed by atoms with van der Waals surface area (Å²) in [5.41, 5.74) is 6.77. The zero-order valence-corrected chi connectivity index (χ0v) is 12.9. The van der Waals surface area contributed by atoms with Crippen LogP contribution in [0.3, 0.4) is 0 Å². The summed E-state index contributed by atoms with van der Waals surface area (Å²) in [5.74, 6) is 0.853. The Kier molecular flexibility index (Phi) is 5.67. The molecule has 1 aromatic carbocycles. The van der Waals surface area contributed by atoms with E-state index in [2.05, 4.69) is 39.6 Å². The first-order valence-corrected chi connectivity index (χ1v) is 6.99. The normalized spacial score (nSPS) is 13.6. The summed E-state index contributed by atoms with van der Waals surface area (Å²) in [4.78, 5) is 2.39. The Morgan fingerprint density at radius 2 is 2.00 bits per heavy atom. The fourth-order valence-electron chi connectivity index (χ4n) is 1.96. The van der Waals surface area contributed by atoms with Gasteiger partial charge in [0.25, 0.3) is 0 Å². The molecule has 1 aromatic rings. The molecule has 2 N–H and O–H groups in total. The van der Waals surface area contributed by atoms with E-state index in [4.69, 9.17) is 10.5 Å². The average molecular weight is 264 g/mol. The van der Waals surface area contributed by atoms with Crippen molar-refractivity contribution in [2.75, 3.05) is 25.9 Å². The number of anilines is 1. The lowest BCUT2D eigenvalue weighted by molar-refractivity contribution is 0.133. The van der Waals surface area contributed by atoms with Crippen LogP contribution in [0.25, 0.3) is 0 Å². The SMILES string of the molecule is CC(N(C)CCCOc1cccc(N)c1)C(C)(C)C. The molecule has 0 saturated heterocycles. The quantitative estimate of drug-likeness (QED) is 0.632. The second-order valence-electron chi connectivity index (χ2n) is 6.30. The number of hydrogen-bond donors (Lipinski definition) is 1. The summed E-state index contributed by atoms with van der Waals surface area (Å²) in [6, 6.07) is 8.14. The summed E-state index contributed by atoms with van der Waals surface area (Å²) < 4.78 is 5.70. The van der Waals surface area contributed by atoms with Gasteiger partial charge in [-0.3, -0.25) is 0 Å². The largest absolute Gasteiger partial charge is 0.493 e. The Bertz CT molecular complexity index is 385. The summed E-state index contributed by atoms with van der Waals surface area (Å²) in [5, 5.41) is 0. The van der Waals surface area contributed by atoms with Crippen LogP contribution in [-0.4, -0.2) is 31.1 Å². The van der Waals surface area contributed by atoms with Crippen molar-refractivity contribution in [1.29, 1.82) is 0 Å². The molecule has 0 fully saturated rings. The molecular weight excluding hydrogens is 236 g/mol. The first-order valence-electron chi connectivity index (χ1n) is 6.99. The van der Waals surface area contributed by atoms with E-state index in [1.54, 1.807) is 0 Å². The van der Waals surface area contributed by atoms with E-state index in [1.165, 1.54) is 0 Å². The molecule has 0 amide bonds. The predicted molar refractivity (Wildman–Crippen MR) is 82.5 cm³/mol. The van der Waals surface area contributed by atoms with Gasteiger partial charge in [-0.25, -0.2) is 0 Å². The van der Waals surface area contributed by atoms with Crippen molar-refractivity contribution < 1.29 is 4.74 Å². The van der Waals surface area contributed by atoms with Gasteiger partial charge in [-0.1, -0.05) is 26.8 Å².